The van der Waals surface area contributed by atoms with Crippen molar-refractivity contribution in [3.8, 4) is 0 Å². The number of carbonyl (C=O) groups excluding carboxylic acids is 6. The van der Waals surface area contributed by atoms with Gasteiger partial charge in [0.1, 0.15) is 18.1 Å². The van der Waals surface area contributed by atoms with Crippen molar-refractivity contribution in [3.05, 3.63) is 48.0 Å². The number of carbonyl (C=O) groups is 7. The lowest BCUT2D eigenvalue weighted by atomic mass is 9.93. The molecule has 5 atom stereocenters. The monoisotopic (exact) mass is 640 g/mol. The molecule has 0 aliphatic carbocycles. The van der Waals surface area contributed by atoms with E-state index < -0.39 is 71.5 Å². The lowest BCUT2D eigenvalue weighted by Gasteiger charge is -2.27. The normalized spacial score (nSPS) is 14.3. The summed E-state index contributed by atoms with van der Waals surface area (Å²) in [5.41, 5.74) is 11.6. The van der Waals surface area contributed by atoms with Crippen LogP contribution in [0.5, 0.6) is 0 Å². The van der Waals surface area contributed by atoms with Crippen molar-refractivity contribution in [2.24, 2.45) is 23.3 Å². The highest BCUT2D eigenvalue weighted by molar-refractivity contribution is 6.39. The Morgan fingerprint density at radius 3 is 1.98 bits per heavy atom. The first-order valence-electron chi connectivity index (χ1n) is 15.1. The molecule has 46 heavy (non-hydrogen) atoms. The van der Waals surface area contributed by atoms with E-state index in [1.807, 2.05) is 36.4 Å². The second-order valence-corrected chi connectivity index (χ2v) is 11.7. The summed E-state index contributed by atoms with van der Waals surface area (Å²) in [5, 5.41) is 20.5. The summed E-state index contributed by atoms with van der Waals surface area (Å²) in [6, 6.07) is 7.89. The number of benzene rings is 2. The molecule has 2 rings (SSSR count). The molecule has 0 saturated heterocycles. The van der Waals surface area contributed by atoms with Gasteiger partial charge in [-0.15, -0.1) is 0 Å². The molecule has 0 radical (unpaired) electrons. The molecule has 0 fully saturated rings. The zero-order chi connectivity index (χ0) is 34.6. The van der Waals surface area contributed by atoms with Crippen molar-refractivity contribution < 1.29 is 38.7 Å². The van der Waals surface area contributed by atoms with Crippen LogP contribution in [0.2, 0.25) is 0 Å². The summed E-state index contributed by atoms with van der Waals surface area (Å²) in [6.45, 7) is 6.94. The van der Waals surface area contributed by atoms with Gasteiger partial charge in [-0.25, -0.2) is 4.79 Å². The number of amides is 6. The van der Waals surface area contributed by atoms with Crippen LogP contribution in [0, 0.1) is 11.8 Å². The number of nitrogens with two attached hydrogens (primary N) is 2. The molecule has 9 N–H and O–H groups in total. The number of hydrogen-bond donors (Lipinski definition) is 7. The molecule has 2 aromatic carbocycles. The highest BCUT2D eigenvalue weighted by Gasteiger charge is 2.35. The summed E-state index contributed by atoms with van der Waals surface area (Å²) >= 11 is 0. The third-order valence-corrected chi connectivity index (χ3v) is 7.55. The van der Waals surface area contributed by atoms with Gasteiger partial charge in [0, 0.05) is 12.8 Å². The molecule has 2 aromatic rings. The highest BCUT2D eigenvalue weighted by Crippen LogP contribution is 2.17. The molecule has 0 saturated carbocycles. The van der Waals surface area contributed by atoms with Gasteiger partial charge < -0.3 is 37.8 Å². The molecule has 6 amide bonds. The zero-order valence-corrected chi connectivity index (χ0v) is 26.5. The molecule has 0 aromatic heterocycles. The molecule has 0 aliphatic rings. The highest BCUT2D eigenvalue weighted by atomic mass is 16.4. The van der Waals surface area contributed by atoms with Crippen LogP contribution in [0.25, 0.3) is 10.8 Å². The van der Waals surface area contributed by atoms with Crippen molar-refractivity contribution in [2.75, 3.05) is 0 Å². The maximum Gasteiger partial charge on any atom is 0.405 e. The van der Waals surface area contributed by atoms with E-state index in [9.17, 15) is 38.7 Å². The molecule has 3 unspecified atom stereocenters. The van der Waals surface area contributed by atoms with Gasteiger partial charge in [0.25, 0.3) is 5.91 Å². The Balaban J connectivity index is 2.24. The lowest BCUT2D eigenvalue weighted by Crippen LogP contribution is -2.58. The van der Waals surface area contributed by atoms with E-state index in [0.717, 1.165) is 10.8 Å². The maximum absolute atomic E-state index is 13.4. The van der Waals surface area contributed by atoms with Crippen molar-refractivity contribution in [1.29, 1.82) is 0 Å². The molecule has 0 bridgehead atoms. The van der Waals surface area contributed by atoms with Crippen LogP contribution in [0.15, 0.2) is 42.5 Å². The van der Waals surface area contributed by atoms with E-state index in [1.165, 1.54) is 0 Å². The molecule has 14 nitrogen and oxygen atoms in total. The fraction of sp³-hybridized carbons (Fsp3) is 0.469. The van der Waals surface area contributed by atoms with Crippen LogP contribution in [0.1, 0.15) is 58.9 Å². The number of rotatable bonds is 18. The summed E-state index contributed by atoms with van der Waals surface area (Å²) < 4.78 is 0. The fourth-order valence-corrected chi connectivity index (χ4v) is 4.83. The van der Waals surface area contributed by atoms with Crippen LogP contribution in [-0.2, 0) is 35.2 Å². The van der Waals surface area contributed by atoms with Crippen LogP contribution in [0.4, 0.5) is 4.79 Å². The summed E-state index contributed by atoms with van der Waals surface area (Å²) in [6.07, 6.45) is -1.51. The molecular weight excluding hydrogens is 596 g/mol. The van der Waals surface area contributed by atoms with Crippen LogP contribution >= 0.6 is 0 Å². The predicted octanol–water partition coefficient (Wildman–Crippen LogP) is 0.885. The molecule has 0 heterocycles. The van der Waals surface area contributed by atoms with Gasteiger partial charge in [-0.1, -0.05) is 76.6 Å². The smallest absolute Gasteiger partial charge is 0.405 e. The first-order chi connectivity index (χ1) is 21.6. The molecule has 14 heteroatoms. The fourth-order valence-electron chi connectivity index (χ4n) is 4.83. The third-order valence-electron chi connectivity index (χ3n) is 7.55. The van der Waals surface area contributed by atoms with E-state index in [2.05, 4.69) is 21.3 Å². The number of Topliss-reactive ketones (excluding diaryl/α,β-unsaturated/α-hetero) is 1. The number of primary amides is 2. The largest absolute Gasteiger partial charge is 0.465 e. The second-order valence-electron chi connectivity index (χ2n) is 11.7. The Bertz CT molecular complexity index is 1440. The number of carboxylic acid groups (broad SMARTS) is 1. The molecule has 0 aliphatic heterocycles. The average Bonchev–Trinajstić information content (AvgIpc) is 2.99. The van der Waals surface area contributed by atoms with E-state index in [4.69, 9.17) is 11.5 Å². The van der Waals surface area contributed by atoms with E-state index in [0.29, 0.717) is 12.0 Å². The molecular formula is C32H44N6O8. The predicted molar refractivity (Wildman–Crippen MR) is 170 cm³/mol. The van der Waals surface area contributed by atoms with E-state index in [1.54, 1.807) is 33.8 Å². The Kier molecular flexibility index (Phi) is 14.1. The van der Waals surface area contributed by atoms with Gasteiger partial charge in [0.05, 0.1) is 6.04 Å². The number of ketones is 1. The van der Waals surface area contributed by atoms with Crippen molar-refractivity contribution in [3.63, 3.8) is 0 Å². The molecule has 250 valence electrons. The Morgan fingerprint density at radius 2 is 1.41 bits per heavy atom. The summed E-state index contributed by atoms with van der Waals surface area (Å²) in [5.74, 6) is -6.21. The first-order valence-corrected chi connectivity index (χ1v) is 15.1. The maximum atomic E-state index is 13.4. The van der Waals surface area contributed by atoms with E-state index in [-0.39, 0.29) is 31.6 Å². The lowest BCUT2D eigenvalue weighted by molar-refractivity contribution is -0.142. The van der Waals surface area contributed by atoms with Gasteiger partial charge in [-0.2, -0.15) is 0 Å². The standard InChI is InChI=1S/C32H44N6O8/c1-5-18(4)26(38-30(43)24(14-17(2)3)37-32(45)46)27(40)31(44)35-22(12-13-25(33)39)29(42)36-23(28(34)41)16-19-10-11-20-8-6-7-9-21(20)15-19/h6-11,15,17-18,22-24,26,37H,5,12-14,16H2,1-4H3,(H2,33,39)(H2,34,41)(H,35,44)(H,36,42)(H,38,43)(H,45,46)/t18-,22?,23?,24-,26?/m0/s1. The minimum absolute atomic E-state index is 0.0331. The first kappa shape index (κ1) is 37.2. The number of fused-ring (bicyclic) bond motifs is 1. The second kappa shape index (κ2) is 17.5. The summed E-state index contributed by atoms with van der Waals surface area (Å²) in [7, 11) is 0. The quantitative estimate of drug-likeness (QED) is 0.115. The van der Waals surface area contributed by atoms with E-state index >= 15 is 0 Å². The zero-order valence-electron chi connectivity index (χ0n) is 26.5. The van der Waals surface area contributed by atoms with Crippen molar-refractivity contribution in [2.45, 2.75) is 84.0 Å². The minimum atomic E-state index is -1.46. The average molecular weight is 641 g/mol. The van der Waals surface area contributed by atoms with Crippen molar-refractivity contribution in [1.82, 2.24) is 21.3 Å². The van der Waals surface area contributed by atoms with Gasteiger partial charge in [0.2, 0.25) is 29.4 Å². The van der Waals surface area contributed by atoms with Crippen LogP contribution in [0.3, 0.4) is 0 Å². The Labute approximate surface area is 267 Å². The van der Waals surface area contributed by atoms with Crippen LogP contribution < -0.4 is 32.7 Å². The SMILES string of the molecule is CC[C@H](C)C(NC(=O)[C@H](CC(C)C)NC(=O)O)C(=O)C(=O)NC(CCC(N)=O)C(=O)NC(Cc1ccc2ccccc2c1)C(N)=O. The number of hydrogen-bond acceptors (Lipinski definition) is 7. The molecule has 0 spiro atoms. The Hall–Kier alpha value is -5.01. The number of nitrogens with one attached hydrogen (secondary N) is 4. The van der Waals surface area contributed by atoms with Crippen LogP contribution in [-0.4, -0.2) is 70.7 Å². The van der Waals surface area contributed by atoms with Crippen molar-refractivity contribution >= 4 is 52.2 Å². The Morgan fingerprint density at radius 1 is 0.783 bits per heavy atom. The van der Waals surface area contributed by atoms with Gasteiger partial charge in [0.15, 0.2) is 0 Å². The minimum Gasteiger partial charge on any atom is -0.465 e. The van der Waals surface area contributed by atoms with Gasteiger partial charge >= 0.3 is 6.09 Å². The van der Waals surface area contributed by atoms with Gasteiger partial charge in [-0.05, 0) is 41.0 Å². The van der Waals surface area contributed by atoms with Gasteiger partial charge in [-0.3, -0.25) is 28.8 Å². The topological polar surface area (TPSA) is 240 Å². The summed E-state index contributed by atoms with van der Waals surface area (Å²) in [4.78, 5) is 88.0. The third kappa shape index (κ3) is 11.5.